The molecule has 24 heavy (non-hydrogen) atoms. The largest absolute Gasteiger partial charge is 0.423 e. The maximum absolute atomic E-state index is 11.9. The molecule has 5 nitrogen and oxygen atoms in total. The highest BCUT2D eigenvalue weighted by Crippen LogP contribution is 2.26. The third-order valence-electron chi connectivity index (χ3n) is 4.45. The van der Waals surface area contributed by atoms with Crippen LogP contribution < -0.4 is 10.2 Å². The number of hydrogen-bond acceptors (Lipinski definition) is 4. The summed E-state index contributed by atoms with van der Waals surface area (Å²) in [5, 5.41) is 3.09. The molecule has 0 atom stereocenters. The fourth-order valence-corrected chi connectivity index (χ4v) is 3.13. The number of para-hydroxylation sites is 2. The third kappa shape index (κ3) is 4.28. The average molecular weight is 329 g/mol. The lowest BCUT2D eigenvalue weighted by Crippen LogP contribution is -2.39. The van der Waals surface area contributed by atoms with Gasteiger partial charge in [-0.15, -0.1) is 0 Å². The van der Waals surface area contributed by atoms with E-state index in [0.29, 0.717) is 18.4 Å². The number of benzene rings is 1. The van der Waals surface area contributed by atoms with Gasteiger partial charge in [-0.3, -0.25) is 4.79 Å². The minimum absolute atomic E-state index is 0.0421. The quantitative estimate of drug-likeness (QED) is 0.931. The Kier molecular flexibility index (Phi) is 4.78. The molecular weight excluding hydrogens is 302 g/mol. The molecule has 130 valence electrons. The summed E-state index contributed by atoms with van der Waals surface area (Å²) >= 11 is 0. The Morgan fingerprint density at radius 2 is 2.00 bits per heavy atom. The Hall–Kier alpha value is -2.04. The van der Waals surface area contributed by atoms with Crippen molar-refractivity contribution < 1.29 is 9.21 Å². The van der Waals surface area contributed by atoms with Crippen molar-refractivity contribution in [2.24, 2.45) is 11.3 Å². The van der Waals surface area contributed by atoms with Gasteiger partial charge >= 0.3 is 0 Å². The monoisotopic (exact) mass is 329 g/mol. The third-order valence-corrected chi connectivity index (χ3v) is 4.45. The van der Waals surface area contributed by atoms with Crippen LogP contribution >= 0.6 is 0 Å². The molecule has 2 aromatic rings. The van der Waals surface area contributed by atoms with E-state index in [4.69, 9.17) is 4.42 Å². The first kappa shape index (κ1) is 16.8. The van der Waals surface area contributed by atoms with Crippen LogP contribution in [0, 0.1) is 11.3 Å². The molecule has 1 fully saturated rings. The molecule has 5 heteroatoms. The van der Waals surface area contributed by atoms with Gasteiger partial charge in [0.1, 0.15) is 5.52 Å². The number of fused-ring (bicyclic) bond motifs is 1. The van der Waals surface area contributed by atoms with Crippen LogP contribution in [0.5, 0.6) is 0 Å². The molecule has 1 amide bonds. The topological polar surface area (TPSA) is 58.4 Å². The molecule has 0 spiro atoms. The van der Waals surface area contributed by atoms with Crippen LogP contribution in [0.3, 0.4) is 0 Å². The van der Waals surface area contributed by atoms with E-state index >= 15 is 0 Å². The van der Waals surface area contributed by atoms with Gasteiger partial charge in [-0.05, 0) is 36.3 Å². The fraction of sp³-hybridized carbons (Fsp3) is 0.579. The van der Waals surface area contributed by atoms with E-state index in [2.05, 4.69) is 36.0 Å². The number of oxazole rings is 1. The summed E-state index contributed by atoms with van der Waals surface area (Å²) in [4.78, 5) is 18.7. The first-order valence-corrected chi connectivity index (χ1v) is 8.78. The molecule has 2 heterocycles. The number of aromatic nitrogens is 1. The van der Waals surface area contributed by atoms with E-state index < -0.39 is 0 Å². The van der Waals surface area contributed by atoms with Gasteiger partial charge in [-0.1, -0.05) is 32.9 Å². The van der Waals surface area contributed by atoms with Gasteiger partial charge in [0.2, 0.25) is 5.91 Å². The average Bonchev–Trinajstić information content (AvgIpc) is 2.96. The second-order valence-corrected chi connectivity index (χ2v) is 7.94. The van der Waals surface area contributed by atoms with Gasteiger partial charge in [-0.2, -0.15) is 4.98 Å². The van der Waals surface area contributed by atoms with Crippen LogP contribution in [0.15, 0.2) is 28.7 Å². The number of anilines is 1. The summed E-state index contributed by atoms with van der Waals surface area (Å²) in [5.74, 6) is 0.693. The summed E-state index contributed by atoms with van der Waals surface area (Å²) < 4.78 is 5.84. The molecular formula is C19H27N3O2. The molecule has 0 unspecified atom stereocenters. The molecule has 1 aliphatic heterocycles. The highest BCUT2D eigenvalue weighted by atomic mass is 16.4. The molecule has 1 N–H and O–H groups in total. The summed E-state index contributed by atoms with van der Waals surface area (Å²) in [6.07, 6.45) is 2.68. The van der Waals surface area contributed by atoms with Gasteiger partial charge in [0.25, 0.3) is 6.01 Å². The SMILES string of the molecule is CC(C)(C)CC(=O)NCC1CCN(c2nc3ccccc3o2)CC1. The van der Waals surface area contributed by atoms with Gasteiger partial charge in [-0.25, -0.2) is 0 Å². The Labute approximate surface area is 143 Å². The van der Waals surface area contributed by atoms with Crippen molar-refractivity contribution in [2.45, 2.75) is 40.0 Å². The number of piperidine rings is 1. The number of carbonyl (C=O) groups is 1. The number of amides is 1. The van der Waals surface area contributed by atoms with Crippen molar-refractivity contribution in [3.8, 4) is 0 Å². The lowest BCUT2D eigenvalue weighted by Gasteiger charge is -2.31. The van der Waals surface area contributed by atoms with E-state index in [1.807, 2.05) is 24.3 Å². The van der Waals surface area contributed by atoms with Crippen LogP contribution in [-0.2, 0) is 4.79 Å². The van der Waals surface area contributed by atoms with E-state index in [-0.39, 0.29) is 11.3 Å². The van der Waals surface area contributed by atoms with Crippen LogP contribution in [0.25, 0.3) is 11.1 Å². The molecule has 0 bridgehead atoms. The number of hydrogen-bond donors (Lipinski definition) is 1. The maximum Gasteiger partial charge on any atom is 0.298 e. The van der Waals surface area contributed by atoms with Gasteiger partial charge < -0.3 is 14.6 Å². The maximum atomic E-state index is 11.9. The second kappa shape index (κ2) is 6.83. The number of carbonyl (C=O) groups excluding carboxylic acids is 1. The Bertz CT molecular complexity index is 661. The summed E-state index contributed by atoms with van der Waals surface area (Å²) in [6, 6.07) is 8.57. The lowest BCUT2D eigenvalue weighted by atomic mass is 9.91. The highest BCUT2D eigenvalue weighted by Gasteiger charge is 2.23. The number of rotatable bonds is 4. The predicted octanol–water partition coefficient (Wildman–Crippen LogP) is 3.60. The first-order chi connectivity index (χ1) is 11.4. The van der Waals surface area contributed by atoms with Gasteiger partial charge in [0.15, 0.2) is 5.58 Å². The zero-order chi connectivity index (χ0) is 17.2. The van der Waals surface area contributed by atoms with Crippen LogP contribution in [-0.4, -0.2) is 30.5 Å². The summed E-state index contributed by atoms with van der Waals surface area (Å²) in [7, 11) is 0. The summed E-state index contributed by atoms with van der Waals surface area (Å²) in [6.45, 7) is 8.89. The van der Waals surface area contributed by atoms with Crippen LogP contribution in [0.2, 0.25) is 0 Å². The fourth-order valence-electron chi connectivity index (χ4n) is 3.13. The van der Waals surface area contributed by atoms with Crippen LogP contribution in [0.4, 0.5) is 6.01 Å². The molecule has 1 aliphatic rings. The molecule has 0 saturated carbocycles. The van der Waals surface area contributed by atoms with E-state index in [9.17, 15) is 4.79 Å². The van der Waals surface area contributed by atoms with Crippen molar-refractivity contribution in [1.82, 2.24) is 10.3 Å². The van der Waals surface area contributed by atoms with Crippen molar-refractivity contribution >= 4 is 23.0 Å². The molecule has 0 radical (unpaired) electrons. The molecule has 1 saturated heterocycles. The minimum Gasteiger partial charge on any atom is -0.423 e. The molecule has 3 rings (SSSR count). The van der Waals surface area contributed by atoms with E-state index in [0.717, 1.165) is 43.6 Å². The normalized spacial score (nSPS) is 16.5. The zero-order valence-corrected chi connectivity index (χ0v) is 14.8. The second-order valence-electron chi connectivity index (χ2n) is 7.94. The summed E-state index contributed by atoms with van der Waals surface area (Å²) in [5.41, 5.74) is 1.79. The van der Waals surface area contributed by atoms with Crippen molar-refractivity contribution in [2.75, 3.05) is 24.5 Å². The molecule has 1 aromatic carbocycles. The molecule has 0 aliphatic carbocycles. The number of nitrogens with zero attached hydrogens (tertiary/aromatic N) is 2. The first-order valence-electron chi connectivity index (χ1n) is 8.78. The highest BCUT2D eigenvalue weighted by molar-refractivity contribution is 5.76. The zero-order valence-electron chi connectivity index (χ0n) is 14.8. The van der Waals surface area contributed by atoms with Crippen molar-refractivity contribution in [3.63, 3.8) is 0 Å². The van der Waals surface area contributed by atoms with Crippen LogP contribution in [0.1, 0.15) is 40.0 Å². The smallest absolute Gasteiger partial charge is 0.298 e. The lowest BCUT2D eigenvalue weighted by molar-refractivity contribution is -0.123. The minimum atomic E-state index is 0.0421. The van der Waals surface area contributed by atoms with Crippen molar-refractivity contribution in [3.05, 3.63) is 24.3 Å². The van der Waals surface area contributed by atoms with Crippen molar-refractivity contribution in [1.29, 1.82) is 0 Å². The van der Waals surface area contributed by atoms with E-state index in [1.165, 1.54) is 0 Å². The Balaban J connectivity index is 1.48. The van der Waals surface area contributed by atoms with E-state index in [1.54, 1.807) is 0 Å². The number of nitrogens with one attached hydrogen (secondary N) is 1. The van der Waals surface area contributed by atoms with Gasteiger partial charge in [0.05, 0.1) is 0 Å². The predicted molar refractivity (Wildman–Crippen MR) is 96.0 cm³/mol. The standard InChI is InChI=1S/C19H27N3O2/c1-19(2,3)12-17(23)20-13-14-8-10-22(11-9-14)18-21-15-6-4-5-7-16(15)24-18/h4-7,14H,8-13H2,1-3H3,(H,20,23). The molecule has 1 aromatic heterocycles. The Morgan fingerprint density at radius 3 is 2.67 bits per heavy atom. The Morgan fingerprint density at radius 1 is 1.29 bits per heavy atom. The van der Waals surface area contributed by atoms with Gasteiger partial charge in [0, 0.05) is 26.1 Å².